The summed E-state index contributed by atoms with van der Waals surface area (Å²) in [6.45, 7) is 0.0705. The Morgan fingerprint density at radius 2 is 1.73 bits per heavy atom. The number of alkyl halides is 3. The monoisotopic (exact) mass is 420 g/mol. The van der Waals surface area contributed by atoms with Crippen molar-refractivity contribution in [3.63, 3.8) is 0 Å². The van der Waals surface area contributed by atoms with E-state index in [9.17, 15) is 22.8 Å². The van der Waals surface area contributed by atoms with Gasteiger partial charge in [0.1, 0.15) is 12.4 Å². The van der Waals surface area contributed by atoms with Crippen LogP contribution in [0.5, 0.6) is 5.75 Å². The molecule has 2 amide bonds. The van der Waals surface area contributed by atoms with Crippen LogP contribution >= 0.6 is 0 Å². The van der Waals surface area contributed by atoms with Crippen LogP contribution in [-0.2, 0) is 16.1 Å². The van der Waals surface area contributed by atoms with Crippen LogP contribution in [0.1, 0.15) is 24.1 Å². The van der Waals surface area contributed by atoms with Crippen LogP contribution in [-0.4, -0.2) is 24.8 Å². The molecule has 1 unspecified atom stereocenters. The lowest BCUT2D eigenvalue weighted by molar-refractivity contribution is -0.183. The molecular formula is C21H19F3N2O4. The van der Waals surface area contributed by atoms with Gasteiger partial charge in [0.05, 0.1) is 11.6 Å². The van der Waals surface area contributed by atoms with Crippen LogP contribution in [0.15, 0.2) is 65.9 Å². The molecule has 1 aliphatic rings. The van der Waals surface area contributed by atoms with Gasteiger partial charge in [0.25, 0.3) is 0 Å². The number of hydrogen-bond acceptors (Lipinski definition) is 4. The molecule has 30 heavy (non-hydrogen) atoms. The van der Waals surface area contributed by atoms with Gasteiger partial charge in [0.15, 0.2) is 6.61 Å². The van der Waals surface area contributed by atoms with Crippen molar-refractivity contribution >= 4 is 12.0 Å². The fraction of sp³-hybridized carbons (Fsp3) is 0.238. The minimum Gasteiger partial charge on any atom is -0.489 e. The van der Waals surface area contributed by atoms with Crippen molar-refractivity contribution in [3.8, 4) is 5.75 Å². The Balaban J connectivity index is 1.75. The Morgan fingerprint density at radius 3 is 2.37 bits per heavy atom. The number of esters is 1. The molecule has 2 aromatic carbocycles. The fourth-order valence-corrected chi connectivity index (χ4v) is 2.94. The fourth-order valence-electron chi connectivity index (χ4n) is 2.94. The van der Waals surface area contributed by atoms with E-state index in [1.54, 1.807) is 24.3 Å². The number of hydrogen-bond donors (Lipinski definition) is 2. The predicted molar refractivity (Wildman–Crippen MR) is 101 cm³/mol. The Kier molecular flexibility index (Phi) is 6.29. The maximum atomic E-state index is 12.4. The number of rotatable bonds is 6. The van der Waals surface area contributed by atoms with E-state index in [0.717, 1.165) is 5.56 Å². The van der Waals surface area contributed by atoms with Gasteiger partial charge >= 0.3 is 18.2 Å². The van der Waals surface area contributed by atoms with E-state index in [1.807, 2.05) is 30.3 Å². The molecule has 1 atom stereocenters. The molecule has 0 saturated heterocycles. The number of ether oxygens (including phenoxy) is 2. The van der Waals surface area contributed by atoms with Crippen LogP contribution in [0, 0.1) is 0 Å². The summed E-state index contributed by atoms with van der Waals surface area (Å²) in [6, 6.07) is 14.6. The van der Waals surface area contributed by atoms with Gasteiger partial charge in [-0.3, -0.25) is 0 Å². The van der Waals surface area contributed by atoms with E-state index in [1.165, 1.54) is 6.92 Å². The molecule has 6 nitrogen and oxygen atoms in total. The molecule has 0 fully saturated rings. The summed E-state index contributed by atoms with van der Waals surface area (Å²) in [5.74, 6) is -0.600. The van der Waals surface area contributed by atoms with E-state index in [-0.39, 0.29) is 11.3 Å². The summed E-state index contributed by atoms with van der Waals surface area (Å²) in [4.78, 5) is 24.1. The van der Waals surface area contributed by atoms with Crippen molar-refractivity contribution in [2.24, 2.45) is 0 Å². The molecule has 0 aliphatic carbocycles. The van der Waals surface area contributed by atoms with E-state index < -0.39 is 30.8 Å². The van der Waals surface area contributed by atoms with Gasteiger partial charge in [-0.2, -0.15) is 13.2 Å². The molecule has 0 aromatic heterocycles. The number of nitrogens with one attached hydrogen (secondary N) is 2. The first-order chi connectivity index (χ1) is 14.2. The third kappa shape index (κ3) is 5.53. The van der Waals surface area contributed by atoms with Gasteiger partial charge in [0.2, 0.25) is 0 Å². The van der Waals surface area contributed by atoms with Gasteiger partial charge in [-0.25, -0.2) is 9.59 Å². The zero-order valence-electron chi connectivity index (χ0n) is 16.0. The second kappa shape index (κ2) is 8.89. The SMILES string of the molecule is CC1=C(C(=O)OCC(F)(F)F)C(c2ccc(OCc3ccccc3)cc2)NC(=O)N1. The molecule has 2 N–H and O–H groups in total. The van der Waals surface area contributed by atoms with Gasteiger partial charge in [-0.15, -0.1) is 0 Å². The zero-order valence-corrected chi connectivity index (χ0v) is 16.0. The number of carbonyl (C=O) groups is 2. The summed E-state index contributed by atoms with van der Waals surface area (Å²) in [7, 11) is 0. The highest BCUT2D eigenvalue weighted by Gasteiger charge is 2.35. The topological polar surface area (TPSA) is 76.7 Å². The average Bonchev–Trinajstić information content (AvgIpc) is 2.70. The van der Waals surface area contributed by atoms with Crippen molar-refractivity contribution in [3.05, 3.63) is 77.0 Å². The minimum absolute atomic E-state index is 0.100. The highest BCUT2D eigenvalue weighted by molar-refractivity contribution is 5.95. The molecule has 0 radical (unpaired) electrons. The lowest BCUT2D eigenvalue weighted by Crippen LogP contribution is -2.45. The summed E-state index contributed by atoms with van der Waals surface area (Å²) in [6.07, 6.45) is -4.65. The van der Waals surface area contributed by atoms with Crippen LogP contribution in [0.2, 0.25) is 0 Å². The Labute approximate surface area is 170 Å². The molecule has 0 saturated carbocycles. The van der Waals surface area contributed by atoms with Gasteiger partial charge in [-0.1, -0.05) is 42.5 Å². The molecule has 0 spiro atoms. The number of benzene rings is 2. The van der Waals surface area contributed by atoms with Gasteiger partial charge in [0, 0.05) is 5.70 Å². The second-order valence-corrected chi connectivity index (χ2v) is 6.60. The maximum Gasteiger partial charge on any atom is 0.422 e. The summed E-state index contributed by atoms with van der Waals surface area (Å²) in [5, 5.41) is 4.92. The zero-order chi connectivity index (χ0) is 21.7. The van der Waals surface area contributed by atoms with Crippen LogP contribution < -0.4 is 15.4 Å². The first kappa shape index (κ1) is 21.2. The van der Waals surface area contributed by atoms with Crippen molar-refractivity contribution in [1.82, 2.24) is 10.6 Å². The highest BCUT2D eigenvalue weighted by Crippen LogP contribution is 2.29. The Hall–Kier alpha value is -3.49. The van der Waals surface area contributed by atoms with E-state index in [2.05, 4.69) is 15.4 Å². The van der Waals surface area contributed by atoms with Crippen molar-refractivity contribution in [1.29, 1.82) is 0 Å². The smallest absolute Gasteiger partial charge is 0.422 e. The number of halogens is 3. The Morgan fingerprint density at radius 1 is 1.07 bits per heavy atom. The lowest BCUT2D eigenvalue weighted by Gasteiger charge is -2.28. The average molecular weight is 420 g/mol. The molecule has 1 heterocycles. The summed E-state index contributed by atoms with van der Waals surface area (Å²) < 4.78 is 47.3. The molecule has 0 bridgehead atoms. The molecule has 9 heteroatoms. The number of amides is 2. The van der Waals surface area contributed by atoms with Crippen molar-refractivity contribution < 1.29 is 32.2 Å². The van der Waals surface area contributed by atoms with Crippen LogP contribution in [0.25, 0.3) is 0 Å². The standard InChI is InChI=1S/C21H19F3N2O4/c1-13-17(19(27)30-12-21(22,23)24)18(26-20(28)25-13)15-7-9-16(10-8-15)29-11-14-5-3-2-4-6-14/h2-10,18H,11-12H2,1H3,(H2,25,26,28). The molecular weight excluding hydrogens is 401 g/mol. The maximum absolute atomic E-state index is 12.4. The quantitative estimate of drug-likeness (QED) is 0.693. The van der Waals surface area contributed by atoms with Crippen molar-refractivity contribution in [2.75, 3.05) is 6.61 Å². The predicted octanol–water partition coefficient (Wildman–Crippen LogP) is 4.00. The first-order valence-corrected chi connectivity index (χ1v) is 9.02. The van der Waals surface area contributed by atoms with Crippen LogP contribution in [0.4, 0.5) is 18.0 Å². The largest absolute Gasteiger partial charge is 0.489 e. The number of allylic oxidation sites excluding steroid dienone is 1. The first-order valence-electron chi connectivity index (χ1n) is 9.02. The number of urea groups is 1. The van der Waals surface area contributed by atoms with E-state index >= 15 is 0 Å². The van der Waals surface area contributed by atoms with E-state index in [4.69, 9.17) is 4.74 Å². The summed E-state index contributed by atoms with van der Waals surface area (Å²) >= 11 is 0. The van der Waals surface area contributed by atoms with Crippen molar-refractivity contribution in [2.45, 2.75) is 25.7 Å². The van der Waals surface area contributed by atoms with Gasteiger partial charge < -0.3 is 20.1 Å². The highest BCUT2D eigenvalue weighted by atomic mass is 19.4. The second-order valence-electron chi connectivity index (χ2n) is 6.60. The minimum atomic E-state index is -4.65. The normalized spacial score (nSPS) is 16.5. The molecule has 158 valence electrons. The third-order valence-electron chi connectivity index (χ3n) is 4.32. The number of carbonyl (C=O) groups excluding carboxylic acids is 2. The lowest BCUT2D eigenvalue weighted by atomic mass is 9.95. The Bertz CT molecular complexity index is 941. The third-order valence-corrected chi connectivity index (χ3v) is 4.32. The van der Waals surface area contributed by atoms with Gasteiger partial charge in [-0.05, 0) is 30.2 Å². The summed E-state index contributed by atoms with van der Waals surface area (Å²) in [5.41, 5.74) is 1.51. The molecule has 3 rings (SSSR count). The van der Waals surface area contributed by atoms with Crippen LogP contribution in [0.3, 0.4) is 0 Å². The molecule has 2 aromatic rings. The molecule has 1 aliphatic heterocycles. The van der Waals surface area contributed by atoms with E-state index in [0.29, 0.717) is 17.9 Å².